The average molecular weight is 355 g/mol. The van der Waals surface area contributed by atoms with Gasteiger partial charge in [0.15, 0.2) is 0 Å². The van der Waals surface area contributed by atoms with Crippen molar-refractivity contribution in [1.29, 1.82) is 0 Å². The first-order valence-electron chi connectivity index (χ1n) is 7.91. The first kappa shape index (κ1) is 20.2. The molecule has 0 bridgehead atoms. The molecule has 0 spiro atoms. The van der Waals surface area contributed by atoms with Gasteiger partial charge in [0.1, 0.15) is 10.6 Å². The van der Waals surface area contributed by atoms with Gasteiger partial charge in [-0.05, 0) is 41.5 Å². The van der Waals surface area contributed by atoms with E-state index in [1.807, 2.05) is 27.7 Å². The zero-order valence-corrected chi connectivity index (χ0v) is 15.8. The summed E-state index contributed by atoms with van der Waals surface area (Å²) in [6, 6.07) is 0.132. The van der Waals surface area contributed by atoms with Gasteiger partial charge in [0.25, 0.3) is 0 Å². The average Bonchev–Trinajstić information content (AvgIpc) is 2.43. The highest BCUT2D eigenvalue weighted by molar-refractivity contribution is 8.00. The van der Waals surface area contributed by atoms with E-state index in [1.54, 1.807) is 18.7 Å². The number of H-pyrrole nitrogens is 1. The van der Waals surface area contributed by atoms with Gasteiger partial charge in [-0.1, -0.05) is 11.8 Å². The van der Waals surface area contributed by atoms with Crippen LogP contribution in [0.2, 0.25) is 0 Å². The van der Waals surface area contributed by atoms with Crippen LogP contribution in [0.5, 0.6) is 0 Å². The lowest BCUT2D eigenvalue weighted by Crippen LogP contribution is -2.43. The van der Waals surface area contributed by atoms with Crippen molar-refractivity contribution in [3.63, 3.8) is 0 Å². The molecule has 0 aliphatic heterocycles. The number of rotatable bonds is 7. The van der Waals surface area contributed by atoms with Gasteiger partial charge < -0.3 is 14.6 Å². The van der Waals surface area contributed by atoms with Crippen molar-refractivity contribution >= 4 is 23.6 Å². The Balaban J connectivity index is 3.04. The number of nitrogens with zero attached hydrogens (tertiary/aromatic N) is 2. The maximum atomic E-state index is 12.5. The molecule has 1 rings (SSSR count). The van der Waals surface area contributed by atoms with Crippen molar-refractivity contribution in [2.24, 2.45) is 0 Å². The smallest absolute Gasteiger partial charge is 0.346 e. The minimum atomic E-state index is -0.557. The lowest BCUT2D eigenvalue weighted by Gasteiger charge is -2.30. The SMILES string of the molecule is CCOC(=O)c1c(SCC(=O)N(C(C)C)C(C)C)nc(=O)[nH]c1C. The summed E-state index contributed by atoms with van der Waals surface area (Å²) in [6.07, 6.45) is 0. The largest absolute Gasteiger partial charge is 0.462 e. The molecule has 1 heterocycles. The molecule has 0 fully saturated rings. The van der Waals surface area contributed by atoms with Gasteiger partial charge in [0.05, 0.1) is 12.4 Å². The van der Waals surface area contributed by atoms with E-state index in [0.29, 0.717) is 5.69 Å². The number of carbonyl (C=O) groups excluding carboxylic acids is 2. The van der Waals surface area contributed by atoms with Crippen LogP contribution in [0.1, 0.15) is 50.7 Å². The number of nitrogens with one attached hydrogen (secondary N) is 1. The third-order valence-corrected chi connectivity index (χ3v) is 4.26. The van der Waals surface area contributed by atoms with E-state index in [4.69, 9.17) is 4.74 Å². The van der Waals surface area contributed by atoms with Gasteiger partial charge in [-0.25, -0.2) is 9.59 Å². The number of aryl methyl sites for hydroxylation is 1. The molecule has 8 heteroatoms. The number of esters is 1. The predicted octanol–water partition coefficient (Wildman–Crippen LogP) is 1.99. The number of aromatic nitrogens is 2. The van der Waals surface area contributed by atoms with Gasteiger partial charge in [-0.2, -0.15) is 4.98 Å². The Morgan fingerprint density at radius 1 is 1.25 bits per heavy atom. The number of aromatic amines is 1. The Morgan fingerprint density at radius 2 is 1.83 bits per heavy atom. The standard InChI is InChI=1S/C16H25N3O4S/c1-7-23-15(21)13-11(6)17-16(22)18-14(13)24-8-12(20)19(9(2)3)10(4)5/h9-10H,7-8H2,1-6H3,(H,17,18,22). The van der Waals surface area contributed by atoms with Gasteiger partial charge in [-0.3, -0.25) is 4.79 Å². The molecule has 1 amide bonds. The fourth-order valence-corrected chi connectivity index (χ4v) is 3.42. The molecule has 0 atom stereocenters. The van der Waals surface area contributed by atoms with Crippen LogP contribution in [-0.2, 0) is 9.53 Å². The number of hydrogen-bond acceptors (Lipinski definition) is 6. The Kier molecular flexibility index (Phi) is 7.47. The molecular formula is C16H25N3O4S. The fraction of sp³-hybridized carbons (Fsp3) is 0.625. The number of thioether (sulfide) groups is 1. The predicted molar refractivity (Wildman–Crippen MR) is 93.4 cm³/mol. The first-order valence-corrected chi connectivity index (χ1v) is 8.89. The molecule has 0 saturated heterocycles. The maximum Gasteiger partial charge on any atom is 0.346 e. The number of hydrogen-bond donors (Lipinski definition) is 1. The zero-order valence-electron chi connectivity index (χ0n) is 15.0. The quantitative estimate of drug-likeness (QED) is 0.457. The summed E-state index contributed by atoms with van der Waals surface area (Å²) in [7, 11) is 0. The molecule has 0 aromatic carbocycles. The van der Waals surface area contributed by atoms with E-state index in [-0.39, 0.29) is 40.9 Å². The second-order valence-corrected chi connectivity index (χ2v) is 6.81. The maximum absolute atomic E-state index is 12.5. The molecule has 0 saturated carbocycles. The summed E-state index contributed by atoms with van der Waals surface area (Å²) < 4.78 is 5.01. The highest BCUT2D eigenvalue weighted by Gasteiger charge is 2.23. The van der Waals surface area contributed by atoms with Crippen molar-refractivity contribution in [2.75, 3.05) is 12.4 Å². The number of ether oxygens (including phenoxy) is 1. The second kappa shape index (κ2) is 8.86. The molecule has 1 N–H and O–H groups in total. The molecule has 0 aliphatic carbocycles. The van der Waals surface area contributed by atoms with Gasteiger partial charge in [0, 0.05) is 17.8 Å². The monoisotopic (exact) mass is 355 g/mol. The van der Waals surface area contributed by atoms with Crippen LogP contribution < -0.4 is 5.69 Å². The van der Waals surface area contributed by atoms with E-state index >= 15 is 0 Å². The van der Waals surface area contributed by atoms with Gasteiger partial charge >= 0.3 is 11.7 Å². The minimum Gasteiger partial charge on any atom is -0.462 e. The highest BCUT2D eigenvalue weighted by atomic mass is 32.2. The van der Waals surface area contributed by atoms with E-state index in [0.717, 1.165) is 11.8 Å². The van der Waals surface area contributed by atoms with E-state index < -0.39 is 11.7 Å². The molecule has 1 aromatic heterocycles. The van der Waals surface area contributed by atoms with Crippen molar-refractivity contribution in [3.8, 4) is 0 Å². The molecule has 24 heavy (non-hydrogen) atoms. The van der Waals surface area contributed by atoms with Crippen LogP contribution in [-0.4, -0.2) is 51.2 Å². The van der Waals surface area contributed by atoms with Gasteiger partial charge in [-0.15, -0.1) is 0 Å². The summed E-state index contributed by atoms with van der Waals surface area (Å²) >= 11 is 1.08. The van der Waals surface area contributed by atoms with Crippen LogP contribution in [0.15, 0.2) is 9.82 Å². The fourth-order valence-electron chi connectivity index (χ4n) is 2.48. The lowest BCUT2D eigenvalue weighted by atomic mass is 10.2. The van der Waals surface area contributed by atoms with Crippen molar-refractivity contribution in [1.82, 2.24) is 14.9 Å². The molecule has 134 valence electrons. The van der Waals surface area contributed by atoms with Crippen molar-refractivity contribution in [3.05, 3.63) is 21.7 Å². The topological polar surface area (TPSA) is 92.4 Å². The Morgan fingerprint density at radius 3 is 2.33 bits per heavy atom. The first-order chi connectivity index (χ1) is 11.2. The Labute approximate surface area is 146 Å². The molecule has 1 aromatic rings. The van der Waals surface area contributed by atoms with Crippen LogP contribution in [0, 0.1) is 6.92 Å². The third kappa shape index (κ3) is 5.09. The molecule has 0 aliphatic rings. The number of carbonyl (C=O) groups is 2. The minimum absolute atomic E-state index is 0.0662. The molecule has 0 radical (unpaired) electrons. The highest BCUT2D eigenvalue weighted by Crippen LogP contribution is 2.23. The van der Waals surface area contributed by atoms with Crippen LogP contribution in [0.25, 0.3) is 0 Å². The summed E-state index contributed by atoms with van der Waals surface area (Å²) in [6.45, 7) is 11.3. The third-order valence-electron chi connectivity index (χ3n) is 3.30. The molecule has 7 nitrogen and oxygen atoms in total. The molecule has 0 unspecified atom stereocenters. The van der Waals surface area contributed by atoms with Crippen LogP contribution in [0.4, 0.5) is 0 Å². The summed E-state index contributed by atoms with van der Waals surface area (Å²) in [5.74, 6) is -0.531. The van der Waals surface area contributed by atoms with Crippen LogP contribution >= 0.6 is 11.8 Å². The summed E-state index contributed by atoms with van der Waals surface area (Å²) in [5, 5.41) is 0.218. The normalized spacial score (nSPS) is 11.0. The van der Waals surface area contributed by atoms with Crippen LogP contribution in [0.3, 0.4) is 0 Å². The van der Waals surface area contributed by atoms with Gasteiger partial charge in [0.2, 0.25) is 5.91 Å². The van der Waals surface area contributed by atoms with Crippen molar-refractivity contribution < 1.29 is 14.3 Å². The Bertz CT molecular complexity index is 647. The summed E-state index contributed by atoms with van der Waals surface area (Å²) in [4.78, 5) is 44.3. The van der Waals surface area contributed by atoms with E-state index in [2.05, 4.69) is 9.97 Å². The lowest BCUT2D eigenvalue weighted by molar-refractivity contribution is -0.131. The second-order valence-electron chi connectivity index (χ2n) is 5.84. The van der Waals surface area contributed by atoms with E-state index in [9.17, 15) is 14.4 Å². The Hall–Kier alpha value is -1.83. The number of amides is 1. The molecular weight excluding hydrogens is 330 g/mol. The summed E-state index contributed by atoms with van der Waals surface area (Å²) in [5.41, 5.74) is 0.0305. The zero-order chi connectivity index (χ0) is 18.4. The van der Waals surface area contributed by atoms with E-state index in [1.165, 1.54) is 0 Å². The van der Waals surface area contributed by atoms with Crippen molar-refractivity contribution in [2.45, 2.75) is 58.7 Å².